The molecule has 0 N–H and O–H groups in total. The van der Waals surface area contributed by atoms with Gasteiger partial charge in [0.2, 0.25) is 0 Å². The van der Waals surface area contributed by atoms with Crippen LogP contribution >= 0.6 is 0 Å². The van der Waals surface area contributed by atoms with Crippen LogP contribution in [-0.4, -0.2) is 24.4 Å². The average molecular weight is 208 g/mol. The van der Waals surface area contributed by atoms with E-state index in [1.54, 1.807) is 0 Å². The summed E-state index contributed by atoms with van der Waals surface area (Å²) in [6, 6.07) is 0. The maximum Gasteiger partial charge on any atom is 0.155 e. The van der Waals surface area contributed by atoms with Crippen molar-refractivity contribution in [3.8, 4) is 0 Å². The van der Waals surface area contributed by atoms with Gasteiger partial charge in [-0.3, -0.25) is 0 Å². The first kappa shape index (κ1) is 9.28. The molecule has 3 heterocycles. The summed E-state index contributed by atoms with van der Waals surface area (Å²) in [5.41, 5.74) is -0.0485. The molecule has 3 nitrogen and oxygen atoms in total. The van der Waals surface area contributed by atoms with E-state index in [4.69, 9.17) is 14.2 Å². The van der Waals surface area contributed by atoms with E-state index in [1.807, 2.05) is 12.2 Å². The molecule has 15 heavy (non-hydrogen) atoms. The molecule has 3 aliphatic heterocycles. The summed E-state index contributed by atoms with van der Waals surface area (Å²) in [7, 11) is 0. The van der Waals surface area contributed by atoms with E-state index in [-0.39, 0.29) is 17.8 Å². The predicted molar refractivity (Wildman–Crippen MR) is 55.2 cm³/mol. The van der Waals surface area contributed by atoms with Gasteiger partial charge in [0, 0.05) is 0 Å². The Hall–Kier alpha value is -0.960. The third-order valence-electron chi connectivity index (χ3n) is 3.06. The van der Waals surface area contributed by atoms with Gasteiger partial charge in [-0.05, 0) is 38.8 Å². The van der Waals surface area contributed by atoms with Gasteiger partial charge in [-0.15, -0.1) is 0 Å². The molecule has 0 aliphatic carbocycles. The highest BCUT2D eigenvalue weighted by Gasteiger charge is 2.38. The number of rotatable bonds is 1. The van der Waals surface area contributed by atoms with Crippen LogP contribution in [0.4, 0.5) is 0 Å². The van der Waals surface area contributed by atoms with Crippen LogP contribution in [0.25, 0.3) is 0 Å². The van der Waals surface area contributed by atoms with E-state index >= 15 is 0 Å². The zero-order chi connectivity index (χ0) is 10.5. The summed E-state index contributed by atoms with van der Waals surface area (Å²) >= 11 is 0. The minimum Gasteiger partial charge on any atom is -0.488 e. The number of fused-ring (bicyclic) bond motifs is 1. The Morgan fingerprint density at radius 2 is 1.93 bits per heavy atom. The fraction of sp³-hybridized carbons (Fsp3) is 0.667. The molecular weight excluding hydrogens is 192 g/mol. The van der Waals surface area contributed by atoms with Crippen LogP contribution in [0.5, 0.6) is 0 Å². The molecule has 2 unspecified atom stereocenters. The van der Waals surface area contributed by atoms with Crippen molar-refractivity contribution in [3.05, 3.63) is 23.7 Å². The van der Waals surface area contributed by atoms with Gasteiger partial charge in [0.15, 0.2) is 6.10 Å². The van der Waals surface area contributed by atoms with E-state index in [9.17, 15) is 0 Å². The molecule has 0 aromatic rings. The van der Waals surface area contributed by atoms with Crippen molar-refractivity contribution < 1.29 is 14.2 Å². The van der Waals surface area contributed by atoms with Crippen LogP contribution in [0.1, 0.15) is 26.7 Å². The highest BCUT2D eigenvalue weighted by Crippen LogP contribution is 2.37. The summed E-state index contributed by atoms with van der Waals surface area (Å²) in [6.45, 7) is 5.04. The second kappa shape index (κ2) is 3.01. The van der Waals surface area contributed by atoms with Crippen molar-refractivity contribution in [2.75, 3.05) is 6.61 Å². The zero-order valence-corrected chi connectivity index (χ0v) is 9.16. The zero-order valence-electron chi connectivity index (χ0n) is 9.16. The lowest BCUT2D eigenvalue weighted by molar-refractivity contribution is -0.0649. The Kier molecular flexibility index (Phi) is 1.87. The predicted octanol–water partition coefficient (Wildman–Crippen LogP) is 2.14. The molecular formula is C12H16O3. The normalized spacial score (nSPS) is 36.7. The first-order valence-corrected chi connectivity index (χ1v) is 5.53. The molecule has 82 valence electrons. The molecule has 3 aliphatic rings. The van der Waals surface area contributed by atoms with E-state index < -0.39 is 0 Å². The van der Waals surface area contributed by atoms with Crippen LogP contribution in [0.2, 0.25) is 0 Å². The van der Waals surface area contributed by atoms with Gasteiger partial charge in [-0.25, -0.2) is 0 Å². The van der Waals surface area contributed by atoms with E-state index in [0.29, 0.717) is 0 Å². The Labute approximate surface area is 89.7 Å². The number of hydrogen-bond acceptors (Lipinski definition) is 3. The summed E-state index contributed by atoms with van der Waals surface area (Å²) in [5.74, 6) is 1.93. The average Bonchev–Trinajstić information content (AvgIpc) is 2.99. The van der Waals surface area contributed by atoms with E-state index in [0.717, 1.165) is 31.0 Å². The van der Waals surface area contributed by atoms with Crippen LogP contribution < -0.4 is 0 Å². The Morgan fingerprint density at radius 1 is 1.20 bits per heavy atom. The Balaban J connectivity index is 1.79. The van der Waals surface area contributed by atoms with E-state index in [1.165, 1.54) is 0 Å². The van der Waals surface area contributed by atoms with Gasteiger partial charge in [0.1, 0.15) is 23.2 Å². The molecule has 0 radical (unpaired) electrons. The van der Waals surface area contributed by atoms with Gasteiger partial charge in [-0.2, -0.15) is 0 Å². The number of epoxide rings is 1. The lowest BCUT2D eigenvalue weighted by atomic mass is 9.94. The van der Waals surface area contributed by atoms with Crippen molar-refractivity contribution in [1.82, 2.24) is 0 Å². The SMILES string of the molecule is CC1(C)CCC2OC(C3CO3)=CC=C2O1. The lowest BCUT2D eigenvalue weighted by Crippen LogP contribution is -2.37. The van der Waals surface area contributed by atoms with E-state index in [2.05, 4.69) is 13.8 Å². The largest absolute Gasteiger partial charge is 0.488 e. The third kappa shape index (κ3) is 1.76. The van der Waals surface area contributed by atoms with Gasteiger partial charge < -0.3 is 14.2 Å². The standard InChI is InChI=1S/C12H16O3/c1-12(2)6-5-9-10(15-12)4-3-8(14-9)11-7-13-11/h3-4,9,11H,5-7H2,1-2H3. The van der Waals surface area contributed by atoms with Crippen LogP contribution in [0.15, 0.2) is 23.7 Å². The van der Waals surface area contributed by atoms with Gasteiger partial charge >= 0.3 is 0 Å². The number of allylic oxidation sites excluding steroid dienone is 2. The summed E-state index contributed by atoms with van der Waals surface area (Å²) in [4.78, 5) is 0. The Morgan fingerprint density at radius 3 is 2.67 bits per heavy atom. The molecule has 2 fully saturated rings. The molecule has 0 spiro atoms. The summed E-state index contributed by atoms with van der Waals surface area (Å²) in [6.07, 6.45) is 6.40. The molecule has 0 amide bonds. The second-order valence-electron chi connectivity index (χ2n) is 4.97. The Bertz CT molecular complexity index is 337. The minimum absolute atomic E-state index is 0.0485. The molecule has 2 atom stereocenters. The van der Waals surface area contributed by atoms with Crippen molar-refractivity contribution in [2.24, 2.45) is 0 Å². The van der Waals surface area contributed by atoms with Crippen molar-refractivity contribution in [2.45, 2.75) is 44.5 Å². The van der Waals surface area contributed by atoms with Crippen molar-refractivity contribution in [3.63, 3.8) is 0 Å². The smallest absolute Gasteiger partial charge is 0.155 e. The molecule has 0 saturated carbocycles. The van der Waals surface area contributed by atoms with Crippen molar-refractivity contribution >= 4 is 0 Å². The monoisotopic (exact) mass is 208 g/mol. The van der Waals surface area contributed by atoms with Crippen LogP contribution in [0, 0.1) is 0 Å². The number of hydrogen-bond donors (Lipinski definition) is 0. The fourth-order valence-corrected chi connectivity index (χ4v) is 2.08. The highest BCUT2D eigenvalue weighted by atomic mass is 16.6. The minimum atomic E-state index is -0.0485. The maximum atomic E-state index is 5.88. The first-order valence-electron chi connectivity index (χ1n) is 5.53. The molecule has 0 aromatic heterocycles. The summed E-state index contributed by atoms with van der Waals surface area (Å²) < 4.78 is 16.9. The highest BCUT2D eigenvalue weighted by molar-refractivity contribution is 5.24. The van der Waals surface area contributed by atoms with Gasteiger partial charge in [0.25, 0.3) is 0 Å². The van der Waals surface area contributed by atoms with Crippen molar-refractivity contribution in [1.29, 1.82) is 0 Å². The molecule has 2 saturated heterocycles. The molecule has 0 aromatic carbocycles. The van der Waals surface area contributed by atoms with Crippen LogP contribution in [-0.2, 0) is 14.2 Å². The second-order valence-corrected chi connectivity index (χ2v) is 4.97. The molecule has 0 bridgehead atoms. The topological polar surface area (TPSA) is 31.0 Å². The third-order valence-corrected chi connectivity index (χ3v) is 3.06. The molecule has 3 rings (SSSR count). The quantitative estimate of drug-likeness (QED) is 0.618. The van der Waals surface area contributed by atoms with Gasteiger partial charge in [0.05, 0.1) is 6.61 Å². The fourth-order valence-electron chi connectivity index (χ4n) is 2.08. The number of ether oxygens (including phenoxy) is 3. The summed E-state index contributed by atoms with van der Waals surface area (Å²) in [5, 5.41) is 0. The van der Waals surface area contributed by atoms with Gasteiger partial charge in [-0.1, -0.05) is 0 Å². The maximum absolute atomic E-state index is 5.88. The van der Waals surface area contributed by atoms with Crippen LogP contribution in [0.3, 0.4) is 0 Å². The lowest BCUT2D eigenvalue weighted by Gasteiger charge is -2.38. The molecule has 3 heteroatoms. The first-order chi connectivity index (χ1) is 7.14.